The minimum absolute atomic E-state index is 0.472. The van der Waals surface area contributed by atoms with Gasteiger partial charge in [0.2, 0.25) is 0 Å². The van der Waals surface area contributed by atoms with Crippen LogP contribution < -0.4 is 5.73 Å². The molecule has 3 N–H and O–H groups in total. The zero-order valence-corrected chi connectivity index (χ0v) is 12.7. The van der Waals surface area contributed by atoms with Crippen molar-refractivity contribution < 1.29 is 0 Å². The first kappa shape index (κ1) is 13.9. The quantitative estimate of drug-likeness (QED) is 0.691. The van der Waals surface area contributed by atoms with E-state index in [0.29, 0.717) is 21.7 Å². The first-order valence-corrected chi connectivity index (χ1v) is 7.04. The Labute approximate surface area is 131 Å². The molecule has 0 fully saturated rings. The average Bonchev–Trinajstić information content (AvgIpc) is 2.94. The van der Waals surface area contributed by atoms with Gasteiger partial charge in [0.1, 0.15) is 0 Å². The van der Waals surface area contributed by atoms with Crippen LogP contribution in [-0.4, -0.2) is 15.2 Å². The van der Waals surface area contributed by atoms with Crippen LogP contribution in [0.2, 0.25) is 10.0 Å². The summed E-state index contributed by atoms with van der Waals surface area (Å²) in [5, 5.41) is 8.09. The van der Waals surface area contributed by atoms with E-state index >= 15 is 0 Å². The minimum atomic E-state index is 0.472. The Balaban J connectivity index is 1.99. The van der Waals surface area contributed by atoms with Crippen molar-refractivity contribution in [2.75, 3.05) is 5.73 Å². The van der Waals surface area contributed by atoms with Gasteiger partial charge in [-0.2, -0.15) is 5.10 Å². The Morgan fingerprint density at radius 1 is 1.00 bits per heavy atom. The third kappa shape index (κ3) is 2.73. The third-order valence-electron chi connectivity index (χ3n) is 3.22. The Hall–Kier alpha value is -2.04. The van der Waals surface area contributed by atoms with Crippen LogP contribution in [-0.2, 0) is 0 Å². The van der Waals surface area contributed by atoms with Gasteiger partial charge >= 0.3 is 0 Å². The molecule has 0 aliphatic rings. The smallest absolute Gasteiger partial charge is 0.181 e. The summed E-state index contributed by atoms with van der Waals surface area (Å²) in [4.78, 5) is 4.47. The number of halogens is 2. The van der Waals surface area contributed by atoms with E-state index in [0.717, 1.165) is 22.4 Å². The SMILES string of the molecule is Cc1ccc(-c2nc(-c3ccc(Cl)c(Cl)c3)n[nH]2)cc1N. The fourth-order valence-corrected chi connectivity index (χ4v) is 2.24. The van der Waals surface area contributed by atoms with Gasteiger partial charge in [0.15, 0.2) is 11.6 Å². The van der Waals surface area contributed by atoms with Crippen LogP contribution in [0, 0.1) is 6.92 Å². The molecule has 0 atom stereocenters. The topological polar surface area (TPSA) is 67.6 Å². The van der Waals surface area contributed by atoms with Crippen molar-refractivity contribution in [3.8, 4) is 22.8 Å². The lowest BCUT2D eigenvalue weighted by molar-refractivity contribution is 1.10. The van der Waals surface area contributed by atoms with Gasteiger partial charge in [0.05, 0.1) is 10.0 Å². The standard InChI is InChI=1S/C15H12Cl2N4/c1-8-2-3-10(7-13(8)18)15-19-14(20-21-15)9-4-5-11(16)12(17)6-9/h2-7H,18H2,1H3,(H,19,20,21). The minimum Gasteiger partial charge on any atom is -0.398 e. The fraction of sp³-hybridized carbons (Fsp3) is 0.0667. The zero-order chi connectivity index (χ0) is 15.0. The van der Waals surface area contributed by atoms with E-state index < -0.39 is 0 Å². The van der Waals surface area contributed by atoms with E-state index in [4.69, 9.17) is 28.9 Å². The summed E-state index contributed by atoms with van der Waals surface area (Å²) in [6.45, 7) is 1.96. The Morgan fingerprint density at radius 3 is 2.48 bits per heavy atom. The summed E-state index contributed by atoms with van der Waals surface area (Å²) in [6.07, 6.45) is 0. The van der Waals surface area contributed by atoms with E-state index in [1.165, 1.54) is 0 Å². The molecule has 0 amide bonds. The van der Waals surface area contributed by atoms with E-state index in [9.17, 15) is 0 Å². The molecule has 6 heteroatoms. The summed E-state index contributed by atoms with van der Waals surface area (Å²) in [5.74, 6) is 1.21. The molecule has 3 rings (SSSR count). The molecule has 0 unspecified atom stereocenters. The predicted octanol–water partition coefficient (Wildman–Crippen LogP) is 4.34. The highest BCUT2D eigenvalue weighted by Gasteiger charge is 2.10. The number of nitrogens with zero attached hydrogens (tertiary/aromatic N) is 2. The second-order valence-electron chi connectivity index (χ2n) is 4.71. The van der Waals surface area contributed by atoms with Crippen LogP contribution in [0.15, 0.2) is 36.4 Å². The molecule has 0 spiro atoms. The maximum absolute atomic E-state index is 6.01. The van der Waals surface area contributed by atoms with E-state index in [2.05, 4.69) is 15.2 Å². The van der Waals surface area contributed by atoms with Crippen molar-refractivity contribution in [3.63, 3.8) is 0 Å². The van der Waals surface area contributed by atoms with E-state index in [1.54, 1.807) is 12.1 Å². The lowest BCUT2D eigenvalue weighted by atomic mass is 10.1. The molecule has 0 aliphatic heterocycles. The highest BCUT2D eigenvalue weighted by atomic mass is 35.5. The number of nitrogen functional groups attached to an aromatic ring is 1. The summed E-state index contributed by atoms with van der Waals surface area (Å²) < 4.78 is 0. The van der Waals surface area contributed by atoms with Crippen molar-refractivity contribution in [3.05, 3.63) is 52.0 Å². The highest BCUT2D eigenvalue weighted by Crippen LogP contribution is 2.28. The number of hydrogen-bond donors (Lipinski definition) is 2. The van der Waals surface area contributed by atoms with Crippen molar-refractivity contribution >= 4 is 28.9 Å². The van der Waals surface area contributed by atoms with Gasteiger partial charge in [-0.1, -0.05) is 35.3 Å². The first-order valence-electron chi connectivity index (χ1n) is 6.29. The van der Waals surface area contributed by atoms with Crippen molar-refractivity contribution in [2.24, 2.45) is 0 Å². The van der Waals surface area contributed by atoms with Crippen LogP contribution in [0.1, 0.15) is 5.56 Å². The lowest BCUT2D eigenvalue weighted by Gasteiger charge is -2.01. The molecule has 3 aromatic rings. The number of nitrogens with two attached hydrogens (primary N) is 1. The van der Waals surface area contributed by atoms with Gasteiger partial charge in [-0.15, -0.1) is 0 Å². The lowest BCUT2D eigenvalue weighted by Crippen LogP contribution is -1.90. The second-order valence-corrected chi connectivity index (χ2v) is 5.52. The molecule has 0 saturated carbocycles. The predicted molar refractivity (Wildman–Crippen MR) is 86.4 cm³/mol. The summed E-state index contributed by atoms with van der Waals surface area (Å²) in [5.41, 5.74) is 9.36. The summed E-state index contributed by atoms with van der Waals surface area (Å²) in [6, 6.07) is 11.1. The van der Waals surface area contributed by atoms with Gasteiger partial charge in [-0.3, -0.25) is 5.10 Å². The van der Waals surface area contributed by atoms with Crippen LogP contribution in [0.5, 0.6) is 0 Å². The van der Waals surface area contributed by atoms with Crippen molar-refractivity contribution in [1.29, 1.82) is 0 Å². The molecule has 1 aromatic heterocycles. The fourth-order valence-electron chi connectivity index (χ4n) is 1.94. The molecule has 2 aromatic carbocycles. The summed E-state index contributed by atoms with van der Waals surface area (Å²) >= 11 is 11.9. The number of rotatable bonds is 2. The van der Waals surface area contributed by atoms with Crippen molar-refractivity contribution in [2.45, 2.75) is 6.92 Å². The van der Waals surface area contributed by atoms with Crippen molar-refractivity contribution in [1.82, 2.24) is 15.2 Å². The Bertz CT molecular complexity index is 745. The van der Waals surface area contributed by atoms with Gasteiger partial charge in [0, 0.05) is 16.8 Å². The molecule has 0 aliphatic carbocycles. The van der Waals surface area contributed by atoms with E-state index in [-0.39, 0.29) is 0 Å². The Kier molecular flexibility index (Phi) is 3.57. The molecule has 0 saturated heterocycles. The highest BCUT2D eigenvalue weighted by molar-refractivity contribution is 6.42. The molecule has 0 radical (unpaired) electrons. The molecule has 106 valence electrons. The van der Waals surface area contributed by atoms with Gasteiger partial charge in [-0.25, -0.2) is 4.98 Å². The summed E-state index contributed by atoms with van der Waals surface area (Å²) in [7, 11) is 0. The molecular formula is C15H12Cl2N4. The third-order valence-corrected chi connectivity index (χ3v) is 3.95. The molecule has 4 nitrogen and oxygen atoms in total. The number of nitrogens with one attached hydrogen (secondary N) is 1. The average molecular weight is 319 g/mol. The maximum atomic E-state index is 6.01. The van der Waals surface area contributed by atoms with Gasteiger partial charge in [-0.05, 0) is 36.8 Å². The maximum Gasteiger partial charge on any atom is 0.181 e. The second kappa shape index (κ2) is 5.39. The number of H-pyrrole nitrogens is 1. The monoisotopic (exact) mass is 318 g/mol. The molecule has 21 heavy (non-hydrogen) atoms. The Morgan fingerprint density at radius 2 is 1.76 bits per heavy atom. The van der Waals surface area contributed by atoms with Crippen LogP contribution in [0.25, 0.3) is 22.8 Å². The zero-order valence-electron chi connectivity index (χ0n) is 11.2. The molecular weight excluding hydrogens is 307 g/mol. The van der Waals surface area contributed by atoms with Gasteiger partial charge in [0.25, 0.3) is 0 Å². The normalized spacial score (nSPS) is 10.8. The number of aryl methyl sites for hydroxylation is 1. The number of hydrogen-bond acceptors (Lipinski definition) is 3. The molecule has 0 bridgehead atoms. The van der Waals surface area contributed by atoms with Crippen LogP contribution >= 0.6 is 23.2 Å². The number of anilines is 1. The van der Waals surface area contributed by atoms with Crippen LogP contribution in [0.3, 0.4) is 0 Å². The number of aromatic amines is 1. The number of aromatic nitrogens is 3. The van der Waals surface area contributed by atoms with E-state index in [1.807, 2.05) is 31.2 Å². The van der Waals surface area contributed by atoms with Gasteiger partial charge < -0.3 is 5.73 Å². The first-order chi connectivity index (χ1) is 10.0. The molecule has 1 heterocycles. The largest absolute Gasteiger partial charge is 0.398 e. The number of benzene rings is 2. The van der Waals surface area contributed by atoms with Crippen LogP contribution in [0.4, 0.5) is 5.69 Å².